The maximum Gasteiger partial charge on any atom is 0.292 e. The molecule has 1 aromatic heterocycles. The minimum absolute atomic E-state index is 0.161. The molecular weight excluding hydrogens is 361 g/mol. The van der Waals surface area contributed by atoms with Crippen LogP contribution < -0.4 is 9.64 Å². The maximum absolute atomic E-state index is 13.4. The fourth-order valence-corrected chi connectivity index (χ4v) is 3.29. The van der Waals surface area contributed by atoms with Gasteiger partial charge in [0.1, 0.15) is 17.3 Å². The number of hydrogen-bond donors (Lipinski definition) is 0. The van der Waals surface area contributed by atoms with Crippen molar-refractivity contribution in [1.82, 2.24) is 10.1 Å². The Balaban J connectivity index is 1.41. The van der Waals surface area contributed by atoms with E-state index in [0.29, 0.717) is 37.4 Å². The molecule has 0 saturated carbocycles. The highest BCUT2D eigenvalue weighted by Gasteiger charge is 2.25. The average molecular weight is 381 g/mol. The zero-order valence-corrected chi connectivity index (χ0v) is 15.5. The fraction of sp³-hybridized carbons (Fsp3) is 0.238. The largest absolute Gasteiger partial charge is 0.497 e. The van der Waals surface area contributed by atoms with Gasteiger partial charge in [-0.2, -0.15) is 0 Å². The van der Waals surface area contributed by atoms with Gasteiger partial charge >= 0.3 is 0 Å². The van der Waals surface area contributed by atoms with E-state index in [1.807, 2.05) is 24.3 Å². The van der Waals surface area contributed by atoms with Gasteiger partial charge in [-0.05, 0) is 24.3 Å². The highest BCUT2D eigenvalue weighted by atomic mass is 19.1. The lowest BCUT2D eigenvalue weighted by Crippen LogP contribution is -2.48. The van der Waals surface area contributed by atoms with Gasteiger partial charge in [0.2, 0.25) is 5.76 Å². The number of carbonyl (C=O) groups is 1. The Morgan fingerprint density at radius 3 is 2.61 bits per heavy atom. The molecule has 2 heterocycles. The van der Waals surface area contributed by atoms with Crippen molar-refractivity contribution < 1.29 is 18.4 Å². The molecule has 1 aliphatic rings. The minimum Gasteiger partial charge on any atom is -0.497 e. The summed E-state index contributed by atoms with van der Waals surface area (Å²) in [4.78, 5) is 16.7. The number of hydrogen-bond acceptors (Lipinski definition) is 5. The zero-order chi connectivity index (χ0) is 19.5. The highest BCUT2D eigenvalue weighted by Crippen LogP contribution is 2.24. The van der Waals surface area contributed by atoms with E-state index < -0.39 is 0 Å². The molecular formula is C21H20FN3O3. The van der Waals surface area contributed by atoms with Gasteiger partial charge in [0, 0.05) is 49.6 Å². The molecule has 0 bridgehead atoms. The minimum atomic E-state index is -0.359. The molecule has 6 nitrogen and oxygen atoms in total. The van der Waals surface area contributed by atoms with E-state index in [9.17, 15) is 9.18 Å². The standard InChI is InChI=1S/C21H20FN3O3/c1-27-18-7-3-6-17(13-18)24-8-10-25(11-9-24)21(26)20-14-19(23-28-20)15-4-2-5-16(22)12-15/h2-7,12-14H,8-11H2,1H3. The van der Waals surface area contributed by atoms with Gasteiger partial charge in [-0.1, -0.05) is 23.4 Å². The van der Waals surface area contributed by atoms with Crippen molar-refractivity contribution in [1.29, 1.82) is 0 Å². The van der Waals surface area contributed by atoms with Crippen LogP contribution in [0.15, 0.2) is 59.1 Å². The lowest BCUT2D eigenvalue weighted by atomic mass is 10.1. The first-order valence-electron chi connectivity index (χ1n) is 9.05. The van der Waals surface area contributed by atoms with Crippen molar-refractivity contribution in [2.75, 3.05) is 38.2 Å². The van der Waals surface area contributed by atoms with Crippen LogP contribution in [0.1, 0.15) is 10.6 Å². The summed E-state index contributed by atoms with van der Waals surface area (Å²) in [6.45, 7) is 2.58. The molecule has 2 aromatic carbocycles. The molecule has 28 heavy (non-hydrogen) atoms. The van der Waals surface area contributed by atoms with Crippen LogP contribution in [0.5, 0.6) is 5.75 Å². The number of piperazine rings is 1. The summed E-state index contributed by atoms with van der Waals surface area (Å²) in [6.07, 6.45) is 0. The molecule has 0 unspecified atom stereocenters. The Hall–Kier alpha value is -3.35. The molecule has 0 atom stereocenters. The predicted molar refractivity (Wildman–Crippen MR) is 103 cm³/mol. The van der Waals surface area contributed by atoms with Crippen molar-refractivity contribution in [2.45, 2.75) is 0 Å². The normalized spacial score (nSPS) is 14.2. The van der Waals surface area contributed by atoms with Crippen LogP contribution in [0.3, 0.4) is 0 Å². The van der Waals surface area contributed by atoms with Crippen LogP contribution in [0.4, 0.5) is 10.1 Å². The monoisotopic (exact) mass is 381 g/mol. The van der Waals surface area contributed by atoms with E-state index >= 15 is 0 Å². The van der Waals surface area contributed by atoms with Gasteiger partial charge in [0.15, 0.2) is 0 Å². The lowest BCUT2D eigenvalue weighted by molar-refractivity contribution is 0.0705. The van der Waals surface area contributed by atoms with Crippen LogP contribution in [0.25, 0.3) is 11.3 Å². The molecule has 1 fully saturated rings. The number of aromatic nitrogens is 1. The molecule has 0 spiro atoms. The van der Waals surface area contributed by atoms with Gasteiger partial charge in [-0.3, -0.25) is 4.79 Å². The van der Waals surface area contributed by atoms with Crippen molar-refractivity contribution in [3.8, 4) is 17.0 Å². The van der Waals surface area contributed by atoms with E-state index in [4.69, 9.17) is 9.26 Å². The summed E-state index contributed by atoms with van der Waals surface area (Å²) in [5, 5.41) is 3.91. The van der Waals surface area contributed by atoms with Crippen LogP contribution in [0, 0.1) is 5.82 Å². The second-order valence-corrected chi connectivity index (χ2v) is 6.57. The van der Waals surface area contributed by atoms with E-state index in [1.54, 1.807) is 30.2 Å². The van der Waals surface area contributed by atoms with Gasteiger partial charge in [-0.25, -0.2) is 4.39 Å². The number of rotatable bonds is 4. The predicted octanol–water partition coefficient (Wildman–Crippen LogP) is 3.45. The van der Waals surface area contributed by atoms with Crippen LogP contribution in [0.2, 0.25) is 0 Å². The lowest BCUT2D eigenvalue weighted by Gasteiger charge is -2.35. The zero-order valence-electron chi connectivity index (χ0n) is 15.5. The van der Waals surface area contributed by atoms with Crippen molar-refractivity contribution >= 4 is 11.6 Å². The number of benzene rings is 2. The summed E-state index contributed by atoms with van der Waals surface area (Å²) < 4.78 is 23.9. The number of methoxy groups -OCH3 is 1. The molecule has 3 aromatic rings. The molecule has 144 valence electrons. The average Bonchev–Trinajstić information content (AvgIpc) is 3.24. The smallest absolute Gasteiger partial charge is 0.292 e. The van der Waals surface area contributed by atoms with Gasteiger partial charge in [0.25, 0.3) is 5.91 Å². The number of anilines is 1. The molecule has 1 amide bonds. The summed E-state index contributed by atoms with van der Waals surface area (Å²) >= 11 is 0. The third kappa shape index (κ3) is 3.69. The third-order valence-corrected chi connectivity index (χ3v) is 4.83. The Labute approximate surface area is 162 Å². The van der Waals surface area contributed by atoms with Crippen molar-refractivity contribution in [2.24, 2.45) is 0 Å². The SMILES string of the molecule is COc1cccc(N2CCN(C(=O)c3cc(-c4cccc(F)c4)no3)CC2)c1. The number of ether oxygens (including phenoxy) is 1. The van der Waals surface area contributed by atoms with E-state index in [-0.39, 0.29) is 17.5 Å². The summed E-state index contributed by atoms with van der Waals surface area (Å²) in [5.41, 5.74) is 2.09. The molecule has 7 heteroatoms. The van der Waals surface area contributed by atoms with Gasteiger partial charge < -0.3 is 19.1 Å². The first-order chi connectivity index (χ1) is 13.6. The number of carbonyl (C=O) groups excluding carboxylic acids is 1. The number of halogens is 1. The quantitative estimate of drug-likeness (QED) is 0.693. The Bertz CT molecular complexity index is 980. The van der Waals surface area contributed by atoms with Crippen molar-refractivity contribution in [3.63, 3.8) is 0 Å². The Kier molecular flexibility index (Phi) is 4.97. The fourth-order valence-electron chi connectivity index (χ4n) is 3.29. The molecule has 0 N–H and O–H groups in total. The summed E-state index contributed by atoms with van der Waals surface area (Å²) in [6, 6.07) is 15.5. The second kappa shape index (κ2) is 7.72. The molecule has 1 saturated heterocycles. The van der Waals surface area contributed by atoms with Crippen LogP contribution in [-0.2, 0) is 0 Å². The first kappa shape index (κ1) is 18.0. The van der Waals surface area contributed by atoms with Crippen LogP contribution >= 0.6 is 0 Å². The topological polar surface area (TPSA) is 58.8 Å². The van der Waals surface area contributed by atoms with E-state index in [1.165, 1.54) is 12.1 Å². The Morgan fingerprint density at radius 1 is 1.07 bits per heavy atom. The van der Waals surface area contributed by atoms with Crippen LogP contribution in [-0.4, -0.2) is 49.3 Å². The molecule has 1 aliphatic heterocycles. The second-order valence-electron chi connectivity index (χ2n) is 6.57. The van der Waals surface area contributed by atoms with Gasteiger partial charge in [-0.15, -0.1) is 0 Å². The molecule has 0 radical (unpaired) electrons. The highest BCUT2D eigenvalue weighted by molar-refractivity contribution is 5.92. The van der Waals surface area contributed by atoms with Gasteiger partial charge in [0.05, 0.1) is 7.11 Å². The first-order valence-corrected chi connectivity index (χ1v) is 9.05. The molecule has 0 aliphatic carbocycles. The third-order valence-electron chi connectivity index (χ3n) is 4.83. The molecule has 4 rings (SSSR count). The van der Waals surface area contributed by atoms with E-state index in [0.717, 1.165) is 11.4 Å². The maximum atomic E-state index is 13.4. The Morgan fingerprint density at radius 2 is 1.86 bits per heavy atom. The van der Waals surface area contributed by atoms with E-state index in [2.05, 4.69) is 10.1 Å². The summed E-state index contributed by atoms with van der Waals surface area (Å²) in [7, 11) is 1.64. The summed E-state index contributed by atoms with van der Waals surface area (Å²) in [5.74, 6) is 0.402. The number of amides is 1. The van der Waals surface area contributed by atoms with Crippen molar-refractivity contribution in [3.05, 3.63) is 66.2 Å². The number of nitrogens with zero attached hydrogens (tertiary/aromatic N) is 3.